The van der Waals surface area contributed by atoms with Gasteiger partial charge in [0, 0.05) is 22.3 Å². The summed E-state index contributed by atoms with van der Waals surface area (Å²) in [6.07, 6.45) is 4.74. The normalized spacial score (nSPS) is 17.4. The molecule has 0 radical (unpaired) electrons. The fourth-order valence-corrected chi connectivity index (χ4v) is 2.73. The molecule has 1 aliphatic rings. The van der Waals surface area contributed by atoms with E-state index in [-0.39, 0.29) is 5.41 Å². The molecule has 19 heavy (non-hydrogen) atoms. The average Bonchev–Trinajstić information content (AvgIpc) is 3.10. The second-order valence-electron chi connectivity index (χ2n) is 6.30. The number of hydrogen-bond donors (Lipinski definition) is 1. The summed E-state index contributed by atoms with van der Waals surface area (Å²) in [4.78, 5) is 9.05. The minimum Gasteiger partial charge on any atom is -0.368 e. The molecule has 106 valence electrons. The van der Waals surface area contributed by atoms with E-state index in [0.717, 1.165) is 23.8 Å². The maximum atomic E-state index is 6.23. The van der Waals surface area contributed by atoms with Gasteiger partial charge in [-0.2, -0.15) is 11.8 Å². The summed E-state index contributed by atoms with van der Waals surface area (Å²) < 4.78 is 0.408. The van der Waals surface area contributed by atoms with Crippen LogP contribution in [0.25, 0.3) is 0 Å². The first kappa shape index (κ1) is 14.9. The van der Waals surface area contributed by atoms with Crippen LogP contribution in [-0.2, 0) is 5.41 Å². The minimum absolute atomic E-state index is 0.0927. The lowest BCUT2D eigenvalue weighted by atomic mass is 9.95. The van der Waals surface area contributed by atoms with Gasteiger partial charge in [0.1, 0.15) is 16.8 Å². The lowest BCUT2D eigenvalue weighted by molar-refractivity contribution is 0.545. The van der Waals surface area contributed by atoms with Crippen LogP contribution in [0.3, 0.4) is 0 Å². The molecule has 0 unspecified atom stereocenters. The van der Waals surface area contributed by atoms with Crippen LogP contribution in [0.1, 0.15) is 45.0 Å². The van der Waals surface area contributed by atoms with Gasteiger partial charge in [-0.1, -0.05) is 32.4 Å². The number of thioether (sulfide) groups is 1. The molecule has 1 aromatic rings. The van der Waals surface area contributed by atoms with Crippen molar-refractivity contribution in [2.75, 3.05) is 18.1 Å². The smallest absolute Gasteiger partial charge is 0.137 e. The van der Waals surface area contributed by atoms with E-state index in [0.29, 0.717) is 9.90 Å². The van der Waals surface area contributed by atoms with Crippen LogP contribution in [0, 0.1) is 6.92 Å². The Bertz CT molecular complexity index is 478. The molecule has 0 aromatic carbocycles. The number of nitrogens with one attached hydrogen (secondary N) is 1. The zero-order chi connectivity index (χ0) is 14.3. The van der Waals surface area contributed by atoms with Crippen LogP contribution in [0.4, 0.5) is 5.82 Å². The SMILES string of the molecule is CSC1(CNc2nc(C(C)(C)C)nc(Cl)c2C)CC1. The average molecular weight is 300 g/mol. The molecule has 1 saturated carbocycles. The quantitative estimate of drug-likeness (QED) is 0.851. The van der Waals surface area contributed by atoms with Gasteiger partial charge in [0.05, 0.1) is 0 Å². The first-order chi connectivity index (χ1) is 8.77. The summed E-state index contributed by atoms with van der Waals surface area (Å²) in [7, 11) is 0. The van der Waals surface area contributed by atoms with Crippen molar-refractivity contribution < 1.29 is 0 Å². The monoisotopic (exact) mass is 299 g/mol. The fourth-order valence-electron chi connectivity index (χ4n) is 1.83. The highest BCUT2D eigenvalue weighted by Crippen LogP contribution is 2.47. The van der Waals surface area contributed by atoms with E-state index in [4.69, 9.17) is 11.6 Å². The molecule has 1 fully saturated rings. The van der Waals surface area contributed by atoms with Gasteiger partial charge >= 0.3 is 0 Å². The Labute approximate surface area is 124 Å². The van der Waals surface area contributed by atoms with Crippen molar-refractivity contribution in [3.8, 4) is 0 Å². The van der Waals surface area contributed by atoms with E-state index in [9.17, 15) is 0 Å². The third-order valence-corrected chi connectivity index (χ3v) is 5.36. The molecular weight excluding hydrogens is 278 g/mol. The van der Waals surface area contributed by atoms with Crippen LogP contribution in [0.5, 0.6) is 0 Å². The molecule has 0 saturated heterocycles. The molecule has 5 heteroatoms. The first-order valence-corrected chi connectivity index (χ1v) is 8.21. The van der Waals surface area contributed by atoms with Crippen molar-refractivity contribution in [3.63, 3.8) is 0 Å². The van der Waals surface area contributed by atoms with E-state index in [1.807, 2.05) is 18.7 Å². The zero-order valence-corrected chi connectivity index (χ0v) is 13.9. The van der Waals surface area contributed by atoms with Gasteiger partial charge in [-0.3, -0.25) is 0 Å². The Kier molecular flexibility index (Phi) is 4.03. The summed E-state index contributed by atoms with van der Waals surface area (Å²) in [6, 6.07) is 0. The predicted molar refractivity (Wildman–Crippen MR) is 84.4 cm³/mol. The Morgan fingerprint density at radius 1 is 1.32 bits per heavy atom. The van der Waals surface area contributed by atoms with Crippen molar-refractivity contribution in [3.05, 3.63) is 16.5 Å². The van der Waals surface area contributed by atoms with Crippen LogP contribution in [0.15, 0.2) is 0 Å². The topological polar surface area (TPSA) is 37.8 Å². The molecule has 0 atom stereocenters. The second-order valence-corrected chi connectivity index (χ2v) is 7.93. The van der Waals surface area contributed by atoms with Gasteiger partial charge in [-0.25, -0.2) is 9.97 Å². The van der Waals surface area contributed by atoms with Gasteiger partial charge in [-0.05, 0) is 26.0 Å². The number of halogens is 1. The van der Waals surface area contributed by atoms with Crippen molar-refractivity contribution in [2.24, 2.45) is 0 Å². The zero-order valence-electron chi connectivity index (χ0n) is 12.3. The molecule has 0 aliphatic heterocycles. The third-order valence-electron chi connectivity index (χ3n) is 3.58. The van der Waals surface area contributed by atoms with E-state index >= 15 is 0 Å². The van der Waals surface area contributed by atoms with Crippen LogP contribution in [-0.4, -0.2) is 27.5 Å². The molecule has 1 aliphatic carbocycles. The van der Waals surface area contributed by atoms with Crippen molar-refractivity contribution in [2.45, 2.75) is 50.7 Å². The largest absolute Gasteiger partial charge is 0.368 e. The number of anilines is 1. The van der Waals surface area contributed by atoms with E-state index in [2.05, 4.69) is 42.3 Å². The summed E-state index contributed by atoms with van der Waals surface area (Å²) in [5.41, 5.74) is 0.844. The van der Waals surface area contributed by atoms with Gasteiger partial charge in [-0.15, -0.1) is 0 Å². The van der Waals surface area contributed by atoms with Crippen LogP contribution < -0.4 is 5.32 Å². The Morgan fingerprint density at radius 2 is 1.95 bits per heavy atom. The minimum atomic E-state index is -0.0927. The maximum Gasteiger partial charge on any atom is 0.137 e. The fraction of sp³-hybridized carbons (Fsp3) is 0.714. The van der Waals surface area contributed by atoms with Crippen molar-refractivity contribution in [1.29, 1.82) is 0 Å². The molecule has 1 N–H and O–H groups in total. The van der Waals surface area contributed by atoms with Gasteiger partial charge in [0.15, 0.2) is 0 Å². The summed E-state index contributed by atoms with van der Waals surface area (Å²) in [5.74, 6) is 1.67. The molecule has 0 bridgehead atoms. The Hall–Kier alpha value is -0.480. The Balaban J connectivity index is 2.21. The summed E-state index contributed by atoms with van der Waals surface area (Å²) in [6.45, 7) is 9.22. The molecule has 1 aromatic heterocycles. The highest BCUT2D eigenvalue weighted by atomic mass is 35.5. The van der Waals surface area contributed by atoms with Crippen molar-refractivity contribution in [1.82, 2.24) is 9.97 Å². The van der Waals surface area contributed by atoms with Crippen LogP contribution >= 0.6 is 23.4 Å². The highest BCUT2D eigenvalue weighted by molar-refractivity contribution is 8.00. The van der Waals surface area contributed by atoms with Gasteiger partial charge in [0.25, 0.3) is 0 Å². The number of aromatic nitrogens is 2. The number of rotatable bonds is 4. The van der Waals surface area contributed by atoms with Crippen molar-refractivity contribution >= 4 is 29.2 Å². The Morgan fingerprint density at radius 3 is 2.42 bits per heavy atom. The molecule has 0 amide bonds. The van der Waals surface area contributed by atoms with Gasteiger partial charge < -0.3 is 5.32 Å². The molecular formula is C14H22ClN3S. The summed E-state index contributed by atoms with van der Waals surface area (Å²) >= 11 is 8.17. The summed E-state index contributed by atoms with van der Waals surface area (Å²) in [5, 5.41) is 4.02. The highest BCUT2D eigenvalue weighted by Gasteiger charge is 2.41. The first-order valence-electron chi connectivity index (χ1n) is 6.61. The molecule has 1 heterocycles. The molecule has 0 spiro atoms. The standard InChI is InChI=1S/C14H22ClN3S/c1-9-10(15)17-12(13(2,3)4)18-11(9)16-8-14(19-5)6-7-14/h6-8H2,1-5H3,(H,16,17,18). The third kappa shape index (κ3) is 3.34. The number of nitrogens with zero attached hydrogens (tertiary/aromatic N) is 2. The van der Waals surface area contributed by atoms with E-state index in [1.165, 1.54) is 12.8 Å². The van der Waals surface area contributed by atoms with Crippen LogP contribution in [0.2, 0.25) is 5.15 Å². The molecule has 3 nitrogen and oxygen atoms in total. The number of hydrogen-bond acceptors (Lipinski definition) is 4. The molecule has 2 rings (SSSR count). The predicted octanol–water partition coefficient (Wildman–Crippen LogP) is 4.04. The lowest BCUT2D eigenvalue weighted by Crippen LogP contribution is -2.22. The van der Waals surface area contributed by atoms with E-state index < -0.39 is 0 Å². The second kappa shape index (κ2) is 5.13. The lowest BCUT2D eigenvalue weighted by Gasteiger charge is -2.20. The van der Waals surface area contributed by atoms with E-state index in [1.54, 1.807) is 0 Å². The van der Waals surface area contributed by atoms with Gasteiger partial charge in [0.2, 0.25) is 0 Å². The maximum absolute atomic E-state index is 6.23.